The Hall–Kier alpha value is -0.0500. The highest BCUT2D eigenvalue weighted by Gasteiger charge is 2.29. The lowest BCUT2D eigenvalue weighted by Gasteiger charge is -2.18. The summed E-state index contributed by atoms with van der Waals surface area (Å²) in [7, 11) is 0. The fraction of sp³-hybridized carbons (Fsp3) is 0.833. The van der Waals surface area contributed by atoms with Crippen LogP contribution in [-0.2, 0) is 4.79 Å². The molecule has 0 aliphatic heterocycles. The van der Waals surface area contributed by atoms with E-state index >= 15 is 0 Å². The van der Waals surface area contributed by atoms with Crippen molar-refractivity contribution in [1.29, 1.82) is 0 Å². The Balaban J connectivity index is 4.09. The molecule has 9 heavy (non-hydrogen) atoms. The van der Waals surface area contributed by atoms with Crippen molar-refractivity contribution in [3.05, 3.63) is 0 Å². The van der Waals surface area contributed by atoms with Gasteiger partial charge >= 0.3 is 5.97 Å². The van der Waals surface area contributed by atoms with Crippen LogP contribution >= 0.6 is 15.9 Å². The molecule has 54 valence electrons. The second-order valence-corrected chi connectivity index (χ2v) is 2.91. The predicted molar refractivity (Wildman–Crippen MR) is 39.8 cm³/mol. The fourth-order valence-corrected chi connectivity index (χ4v) is 0.939. The number of alkyl halides is 1. The zero-order chi connectivity index (χ0) is 7.49. The summed E-state index contributed by atoms with van der Waals surface area (Å²) in [5.74, 6) is -0.734. The van der Waals surface area contributed by atoms with Gasteiger partial charge in [-0.2, -0.15) is 0 Å². The molecular weight excluding hydrogens is 184 g/mol. The minimum absolute atomic E-state index is 0.520. The summed E-state index contributed by atoms with van der Waals surface area (Å²) in [5, 5.41) is 9.12. The fourth-order valence-electron chi connectivity index (χ4n) is 0.303. The number of hydrogen-bond donors (Lipinski definition) is 1. The molecule has 2 nitrogen and oxygen atoms in total. The van der Waals surface area contributed by atoms with Crippen molar-refractivity contribution in [3.63, 3.8) is 0 Å². The molecule has 0 amide bonds. The van der Waals surface area contributed by atoms with Crippen LogP contribution in [0, 0.1) is 5.41 Å². The number of carbonyl (C=O) groups is 1. The first-order chi connectivity index (χ1) is 4.06. The molecule has 1 N–H and O–H groups in total. The van der Waals surface area contributed by atoms with Gasteiger partial charge in [0.2, 0.25) is 0 Å². The van der Waals surface area contributed by atoms with Crippen LogP contribution in [0.1, 0.15) is 20.3 Å². The van der Waals surface area contributed by atoms with Gasteiger partial charge < -0.3 is 5.11 Å². The lowest BCUT2D eigenvalue weighted by molar-refractivity contribution is -0.146. The Morgan fingerprint density at radius 2 is 2.22 bits per heavy atom. The van der Waals surface area contributed by atoms with Crippen molar-refractivity contribution in [1.82, 2.24) is 0 Å². The van der Waals surface area contributed by atoms with E-state index < -0.39 is 11.4 Å². The van der Waals surface area contributed by atoms with E-state index in [-0.39, 0.29) is 0 Å². The van der Waals surface area contributed by atoms with E-state index in [9.17, 15) is 4.79 Å². The van der Waals surface area contributed by atoms with Gasteiger partial charge in [0, 0.05) is 5.33 Å². The van der Waals surface area contributed by atoms with Crippen molar-refractivity contribution >= 4 is 21.9 Å². The van der Waals surface area contributed by atoms with Gasteiger partial charge in [-0.3, -0.25) is 4.79 Å². The first-order valence-corrected chi connectivity index (χ1v) is 3.98. The highest BCUT2D eigenvalue weighted by molar-refractivity contribution is 9.09. The van der Waals surface area contributed by atoms with Crippen LogP contribution in [0.3, 0.4) is 0 Å². The van der Waals surface area contributed by atoms with Gasteiger partial charge in [0.25, 0.3) is 0 Å². The van der Waals surface area contributed by atoms with Crippen LogP contribution in [0.4, 0.5) is 0 Å². The Morgan fingerprint density at radius 3 is 2.22 bits per heavy atom. The molecule has 0 fully saturated rings. The average molecular weight is 195 g/mol. The summed E-state index contributed by atoms with van der Waals surface area (Å²) >= 11 is 3.15. The van der Waals surface area contributed by atoms with Gasteiger partial charge in [-0.1, -0.05) is 22.9 Å². The summed E-state index contributed by atoms with van der Waals surface area (Å²) in [6.07, 6.45) is 0.660. The van der Waals surface area contributed by atoms with Crippen LogP contribution in [0.15, 0.2) is 0 Å². The van der Waals surface area contributed by atoms with Crippen LogP contribution in [-0.4, -0.2) is 16.4 Å². The largest absolute Gasteiger partial charge is 0.481 e. The zero-order valence-corrected chi connectivity index (χ0v) is 7.23. The van der Waals surface area contributed by atoms with E-state index in [0.717, 1.165) is 0 Å². The van der Waals surface area contributed by atoms with Crippen LogP contribution in [0.2, 0.25) is 0 Å². The average Bonchev–Trinajstić information content (AvgIpc) is 1.86. The van der Waals surface area contributed by atoms with Crippen molar-refractivity contribution in [2.75, 3.05) is 5.33 Å². The molecule has 0 rings (SSSR count). The molecule has 0 saturated carbocycles. The van der Waals surface area contributed by atoms with Crippen molar-refractivity contribution in [2.45, 2.75) is 20.3 Å². The Bertz CT molecular complexity index is 108. The summed E-state index contributed by atoms with van der Waals surface area (Å²) in [6, 6.07) is 0. The monoisotopic (exact) mass is 194 g/mol. The van der Waals surface area contributed by atoms with E-state index in [2.05, 4.69) is 15.9 Å². The maximum atomic E-state index is 10.5. The lowest BCUT2D eigenvalue weighted by atomic mass is 9.91. The van der Waals surface area contributed by atoms with Crippen LogP contribution in [0.25, 0.3) is 0 Å². The summed E-state index contributed by atoms with van der Waals surface area (Å²) in [5.41, 5.74) is -0.583. The van der Waals surface area contributed by atoms with Gasteiger partial charge in [0.1, 0.15) is 0 Å². The lowest BCUT2D eigenvalue weighted by Crippen LogP contribution is -2.27. The summed E-state index contributed by atoms with van der Waals surface area (Å²) < 4.78 is 0. The first kappa shape index (κ1) is 8.95. The molecule has 0 aromatic carbocycles. The van der Waals surface area contributed by atoms with Crippen LogP contribution < -0.4 is 0 Å². The number of rotatable bonds is 3. The molecule has 0 spiro atoms. The maximum Gasteiger partial charge on any atom is 0.310 e. The van der Waals surface area contributed by atoms with E-state index in [1.54, 1.807) is 6.92 Å². The third-order valence-corrected chi connectivity index (χ3v) is 2.83. The summed E-state index contributed by atoms with van der Waals surface area (Å²) in [4.78, 5) is 10.5. The second kappa shape index (κ2) is 3.20. The molecule has 0 heterocycles. The van der Waals surface area contributed by atoms with Gasteiger partial charge in [0.15, 0.2) is 0 Å². The standard InChI is InChI=1S/C6H11BrO2/c1-3-6(2,4-7)5(8)9/h3-4H2,1-2H3,(H,8,9). The normalized spacial score (nSPS) is 16.8. The molecule has 1 unspecified atom stereocenters. The van der Waals surface area contributed by atoms with E-state index in [1.165, 1.54) is 0 Å². The molecule has 0 radical (unpaired) electrons. The number of aliphatic carboxylic acids is 1. The SMILES string of the molecule is CCC(C)(CBr)C(=O)O. The molecular formula is C6H11BrO2. The predicted octanol–water partition coefficient (Wildman–Crippen LogP) is 1.88. The second-order valence-electron chi connectivity index (χ2n) is 2.35. The van der Waals surface area contributed by atoms with Crippen molar-refractivity contribution in [3.8, 4) is 0 Å². The number of hydrogen-bond acceptors (Lipinski definition) is 1. The van der Waals surface area contributed by atoms with Crippen molar-refractivity contribution in [2.24, 2.45) is 5.41 Å². The minimum atomic E-state index is -0.734. The molecule has 0 saturated heterocycles. The third-order valence-electron chi connectivity index (χ3n) is 1.59. The van der Waals surface area contributed by atoms with Crippen molar-refractivity contribution < 1.29 is 9.90 Å². The Labute approximate surface area is 63.4 Å². The van der Waals surface area contributed by atoms with Gasteiger partial charge in [-0.25, -0.2) is 0 Å². The molecule has 1 atom stereocenters. The quantitative estimate of drug-likeness (QED) is 0.698. The Morgan fingerprint density at radius 1 is 1.78 bits per heavy atom. The Kier molecular flexibility index (Phi) is 3.18. The topological polar surface area (TPSA) is 37.3 Å². The maximum absolute atomic E-state index is 10.5. The molecule has 0 aliphatic rings. The molecule has 0 bridgehead atoms. The third kappa shape index (κ3) is 1.97. The van der Waals surface area contributed by atoms with Crippen LogP contribution in [0.5, 0.6) is 0 Å². The molecule has 0 aromatic heterocycles. The van der Waals surface area contributed by atoms with Gasteiger partial charge in [0.05, 0.1) is 5.41 Å². The van der Waals surface area contributed by atoms with Gasteiger partial charge in [-0.15, -0.1) is 0 Å². The van der Waals surface area contributed by atoms with E-state index in [4.69, 9.17) is 5.11 Å². The molecule has 0 aliphatic carbocycles. The molecule has 0 aromatic rings. The number of carboxylic acids is 1. The van der Waals surface area contributed by atoms with E-state index in [0.29, 0.717) is 11.8 Å². The number of halogens is 1. The smallest absolute Gasteiger partial charge is 0.310 e. The zero-order valence-electron chi connectivity index (χ0n) is 5.65. The molecule has 3 heteroatoms. The highest BCUT2D eigenvalue weighted by Crippen LogP contribution is 2.23. The summed E-state index contributed by atoms with van der Waals surface area (Å²) in [6.45, 7) is 3.60. The number of carboxylic acid groups (broad SMARTS) is 1. The van der Waals surface area contributed by atoms with E-state index in [1.807, 2.05) is 6.92 Å². The highest BCUT2D eigenvalue weighted by atomic mass is 79.9. The minimum Gasteiger partial charge on any atom is -0.481 e. The first-order valence-electron chi connectivity index (χ1n) is 2.86. The van der Waals surface area contributed by atoms with Gasteiger partial charge in [-0.05, 0) is 13.3 Å².